The van der Waals surface area contributed by atoms with E-state index in [0.717, 1.165) is 11.1 Å². The monoisotopic (exact) mass is 428 g/mol. The van der Waals surface area contributed by atoms with Gasteiger partial charge in [0.25, 0.3) is 0 Å². The summed E-state index contributed by atoms with van der Waals surface area (Å²) in [5, 5.41) is 0.316. The number of hydrogen-bond acceptors (Lipinski definition) is 6. The quantitative estimate of drug-likeness (QED) is 0.339. The first-order valence-corrected chi connectivity index (χ1v) is 10.2. The summed E-state index contributed by atoms with van der Waals surface area (Å²) in [4.78, 5) is 25.6. The van der Waals surface area contributed by atoms with Crippen LogP contribution >= 0.6 is 0 Å². The molecule has 5 rings (SSSR count). The van der Waals surface area contributed by atoms with Crippen LogP contribution in [0.3, 0.4) is 0 Å². The van der Waals surface area contributed by atoms with Crippen molar-refractivity contribution in [3.63, 3.8) is 0 Å². The van der Waals surface area contributed by atoms with Crippen molar-refractivity contribution in [3.05, 3.63) is 88.1 Å². The van der Waals surface area contributed by atoms with Crippen LogP contribution in [0.2, 0.25) is 0 Å². The minimum Gasteiger partial charge on any atom is -0.497 e. The van der Waals surface area contributed by atoms with Crippen LogP contribution in [0.5, 0.6) is 17.2 Å². The molecule has 0 aliphatic carbocycles. The van der Waals surface area contributed by atoms with Crippen LogP contribution in [0.4, 0.5) is 0 Å². The molecule has 160 valence electrons. The number of rotatable bonds is 4. The van der Waals surface area contributed by atoms with Crippen LogP contribution in [0.25, 0.3) is 22.3 Å². The summed E-state index contributed by atoms with van der Waals surface area (Å²) in [7, 11) is 3.06. The van der Waals surface area contributed by atoms with Gasteiger partial charge in [0.05, 0.1) is 20.6 Å². The van der Waals surface area contributed by atoms with E-state index in [9.17, 15) is 9.59 Å². The molecule has 0 bridgehead atoms. The van der Waals surface area contributed by atoms with E-state index in [1.165, 1.54) is 13.2 Å². The Bertz CT molecular complexity index is 1390. The summed E-state index contributed by atoms with van der Waals surface area (Å²) in [5.41, 5.74) is 2.40. The number of esters is 1. The fourth-order valence-electron chi connectivity index (χ4n) is 4.19. The average molecular weight is 428 g/mol. The molecule has 0 N–H and O–H groups in total. The van der Waals surface area contributed by atoms with E-state index in [1.54, 1.807) is 13.2 Å². The smallest absolute Gasteiger partial charge is 0.312 e. The Morgan fingerprint density at radius 1 is 0.906 bits per heavy atom. The van der Waals surface area contributed by atoms with E-state index in [2.05, 4.69) is 0 Å². The van der Waals surface area contributed by atoms with Crippen molar-refractivity contribution in [2.24, 2.45) is 0 Å². The fraction of sp³-hybridized carbons (Fsp3) is 0.154. The summed E-state index contributed by atoms with van der Waals surface area (Å²) in [5.74, 6) is 0.988. The number of benzene rings is 3. The molecule has 1 atom stereocenters. The maximum Gasteiger partial charge on any atom is 0.312 e. The molecule has 0 radical (unpaired) electrons. The third-order valence-corrected chi connectivity index (χ3v) is 5.68. The molecule has 3 aromatic carbocycles. The maximum atomic E-state index is 13.2. The molecule has 6 nitrogen and oxygen atoms in total. The van der Waals surface area contributed by atoms with Crippen molar-refractivity contribution in [2.75, 3.05) is 14.2 Å². The van der Waals surface area contributed by atoms with Crippen LogP contribution in [0.1, 0.15) is 23.5 Å². The zero-order chi connectivity index (χ0) is 22.2. The first-order valence-electron chi connectivity index (χ1n) is 10.2. The highest BCUT2D eigenvalue weighted by atomic mass is 16.5. The zero-order valence-corrected chi connectivity index (χ0v) is 17.6. The predicted molar refractivity (Wildman–Crippen MR) is 120 cm³/mol. The van der Waals surface area contributed by atoms with Gasteiger partial charge in [0.1, 0.15) is 34.0 Å². The number of carbonyl (C=O) groups excluding carboxylic acids is 1. The van der Waals surface area contributed by atoms with Crippen LogP contribution in [0.15, 0.2) is 75.9 Å². The molecule has 6 heteroatoms. The summed E-state index contributed by atoms with van der Waals surface area (Å²) >= 11 is 0. The van der Waals surface area contributed by atoms with Gasteiger partial charge >= 0.3 is 5.97 Å². The van der Waals surface area contributed by atoms with Crippen molar-refractivity contribution in [1.29, 1.82) is 0 Å². The molecule has 2 heterocycles. The first-order chi connectivity index (χ1) is 15.6. The van der Waals surface area contributed by atoms with E-state index in [1.807, 2.05) is 54.6 Å². The standard InChI is InChI=1S/C26H20O6/c1-29-17-10-6-9-16(11-17)18-12-23(28)31-22-14-21(30-2)25-19(27)13-20(32-26(25)24(18)22)15-7-4-3-5-8-15/h3-11,13-14,18H,12H2,1-2H3/t18-/m1/s1. The fourth-order valence-corrected chi connectivity index (χ4v) is 4.19. The lowest BCUT2D eigenvalue weighted by molar-refractivity contribution is -0.135. The molecule has 0 unspecified atom stereocenters. The van der Waals surface area contributed by atoms with E-state index < -0.39 is 0 Å². The highest BCUT2D eigenvalue weighted by Gasteiger charge is 2.34. The molecule has 0 saturated carbocycles. The van der Waals surface area contributed by atoms with Crippen molar-refractivity contribution in [2.45, 2.75) is 12.3 Å². The van der Waals surface area contributed by atoms with Crippen LogP contribution in [-0.2, 0) is 4.79 Å². The molecule has 0 fully saturated rings. The maximum absolute atomic E-state index is 13.2. The Morgan fingerprint density at radius 2 is 1.72 bits per heavy atom. The van der Waals surface area contributed by atoms with Gasteiger partial charge in [0.15, 0.2) is 5.43 Å². The Morgan fingerprint density at radius 3 is 2.47 bits per heavy atom. The van der Waals surface area contributed by atoms with Gasteiger partial charge in [0, 0.05) is 29.2 Å². The molecule has 0 amide bonds. The molecule has 4 aromatic rings. The molecular formula is C26H20O6. The summed E-state index contributed by atoms with van der Waals surface area (Å²) in [6.45, 7) is 0. The molecule has 1 aromatic heterocycles. The van der Waals surface area contributed by atoms with Crippen LogP contribution in [-0.4, -0.2) is 20.2 Å². The summed E-state index contributed by atoms with van der Waals surface area (Å²) in [6, 6.07) is 19.9. The Kier molecular flexibility index (Phi) is 4.90. The van der Waals surface area contributed by atoms with Gasteiger partial charge < -0.3 is 18.6 Å². The topological polar surface area (TPSA) is 75.0 Å². The lowest BCUT2D eigenvalue weighted by Crippen LogP contribution is -2.22. The Balaban J connectivity index is 1.84. The second-order valence-corrected chi connectivity index (χ2v) is 7.54. The summed E-state index contributed by atoms with van der Waals surface area (Å²) in [6.07, 6.45) is 0.112. The lowest BCUT2D eigenvalue weighted by atomic mass is 9.85. The van der Waals surface area contributed by atoms with E-state index >= 15 is 0 Å². The summed E-state index contributed by atoms with van der Waals surface area (Å²) < 4.78 is 22.7. The van der Waals surface area contributed by atoms with Crippen molar-refractivity contribution in [1.82, 2.24) is 0 Å². The zero-order valence-electron chi connectivity index (χ0n) is 17.6. The van der Waals surface area contributed by atoms with E-state index in [0.29, 0.717) is 39.5 Å². The number of methoxy groups -OCH3 is 2. The van der Waals surface area contributed by atoms with Crippen LogP contribution in [0, 0.1) is 0 Å². The molecule has 1 aliphatic heterocycles. The van der Waals surface area contributed by atoms with Crippen LogP contribution < -0.4 is 19.6 Å². The van der Waals surface area contributed by atoms with Crippen molar-refractivity contribution >= 4 is 16.9 Å². The van der Waals surface area contributed by atoms with E-state index in [-0.39, 0.29) is 23.7 Å². The third kappa shape index (κ3) is 3.30. The molecular weight excluding hydrogens is 408 g/mol. The Labute approximate surface area is 184 Å². The van der Waals surface area contributed by atoms with E-state index in [4.69, 9.17) is 18.6 Å². The van der Waals surface area contributed by atoms with Gasteiger partial charge in [-0.15, -0.1) is 0 Å². The molecule has 0 saturated heterocycles. The second kappa shape index (κ2) is 7.89. The Hall–Kier alpha value is -4.06. The second-order valence-electron chi connectivity index (χ2n) is 7.54. The average Bonchev–Trinajstić information content (AvgIpc) is 2.83. The van der Waals surface area contributed by atoms with Gasteiger partial charge in [-0.05, 0) is 17.7 Å². The minimum atomic E-state index is -0.371. The lowest BCUT2D eigenvalue weighted by Gasteiger charge is -2.26. The van der Waals surface area contributed by atoms with Gasteiger partial charge in [0.2, 0.25) is 0 Å². The first kappa shape index (κ1) is 19.9. The van der Waals surface area contributed by atoms with Crippen molar-refractivity contribution in [3.8, 4) is 28.6 Å². The molecule has 32 heavy (non-hydrogen) atoms. The largest absolute Gasteiger partial charge is 0.497 e. The third-order valence-electron chi connectivity index (χ3n) is 5.68. The van der Waals surface area contributed by atoms with Gasteiger partial charge in [-0.3, -0.25) is 9.59 Å². The molecule has 1 aliphatic rings. The normalized spacial score (nSPS) is 15.2. The predicted octanol–water partition coefficient (Wildman–Crippen LogP) is 4.92. The number of fused-ring (bicyclic) bond motifs is 3. The molecule has 0 spiro atoms. The SMILES string of the molecule is COc1cccc([C@H]2CC(=O)Oc3cc(OC)c4c(=O)cc(-c5ccccc5)oc4c32)c1. The highest BCUT2D eigenvalue weighted by molar-refractivity contribution is 5.93. The van der Waals surface area contributed by atoms with Gasteiger partial charge in [-0.25, -0.2) is 0 Å². The number of hydrogen-bond donors (Lipinski definition) is 0. The number of ether oxygens (including phenoxy) is 3. The van der Waals surface area contributed by atoms with Crippen molar-refractivity contribution < 1.29 is 23.4 Å². The van der Waals surface area contributed by atoms with Gasteiger partial charge in [-0.2, -0.15) is 0 Å². The highest BCUT2D eigenvalue weighted by Crippen LogP contribution is 2.46. The number of carbonyl (C=O) groups is 1. The van der Waals surface area contributed by atoms with Gasteiger partial charge in [-0.1, -0.05) is 42.5 Å². The minimum absolute atomic E-state index is 0.112.